The number of ether oxygens (including phenoxy) is 3. The first-order chi connectivity index (χ1) is 13.4. The second-order valence-corrected chi connectivity index (χ2v) is 6.99. The van der Waals surface area contributed by atoms with E-state index < -0.39 is 11.9 Å². The maximum Gasteiger partial charge on any atom is 0.343 e. The highest BCUT2D eigenvalue weighted by Crippen LogP contribution is 2.38. The molecule has 1 aliphatic rings. The van der Waals surface area contributed by atoms with Crippen molar-refractivity contribution >= 4 is 46.5 Å². The molecule has 2 aromatic rings. The smallest absolute Gasteiger partial charge is 0.343 e. The molecule has 0 saturated carbocycles. The summed E-state index contributed by atoms with van der Waals surface area (Å²) >= 11 is 7.35. The summed E-state index contributed by atoms with van der Waals surface area (Å²) < 4.78 is 15.8. The molecular weight excluding hydrogens is 404 g/mol. The summed E-state index contributed by atoms with van der Waals surface area (Å²) in [5, 5.41) is 0.330. The van der Waals surface area contributed by atoms with Crippen LogP contribution in [0.2, 0.25) is 5.02 Å². The Morgan fingerprint density at radius 2 is 1.89 bits per heavy atom. The van der Waals surface area contributed by atoms with Gasteiger partial charge in [0.2, 0.25) is 0 Å². The van der Waals surface area contributed by atoms with Crippen LogP contribution in [0.25, 0.3) is 6.08 Å². The summed E-state index contributed by atoms with van der Waals surface area (Å²) in [6, 6.07) is 9.60. The van der Waals surface area contributed by atoms with Gasteiger partial charge in [-0.05, 0) is 59.8 Å². The molecule has 144 valence electrons. The molecule has 0 spiro atoms. The molecule has 1 aliphatic heterocycles. The van der Waals surface area contributed by atoms with Crippen LogP contribution in [0.4, 0.5) is 0 Å². The van der Waals surface area contributed by atoms with Gasteiger partial charge in [0.1, 0.15) is 5.75 Å². The fraction of sp³-hybridized carbons (Fsp3) is 0.105. The van der Waals surface area contributed by atoms with Crippen LogP contribution in [0.3, 0.4) is 0 Å². The van der Waals surface area contributed by atoms with Crippen molar-refractivity contribution in [2.75, 3.05) is 14.2 Å². The number of hydrogen-bond donors (Lipinski definition) is 1. The molecule has 0 bridgehead atoms. The molecule has 0 aliphatic carbocycles. The van der Waals surface area contributed by atoms with Gasteiger partial charge in [-0.25, -0.2) is 4.79 Å². The summed E-state index contributed by atoms with van der Waals surface area (Å²) in [5.41, 5.74) is 6.44. The predicted octanol–water partition coefficient (Wildman–Crippen LogP) is 3.51. The van der Waals surface area contributed by atoms with E-state index in [1.165, 1.54) is 14.2 Å². The summed E-state index contributed by atoms with van der Waals surface area (Å²) in [5.74, 6) is -0.0865. The Hall–Kier alpha value is -2.97. The van der Waals surface area contributed by atoms with E-state index in [4.69, 9.17) is 31.5 Å². The number of thioether (sulfide) groups is 1. The van der Waals surface area contributed by atoms with Gasteiger partial charge in [-0.3, -0.25) is 4.79 Å². The number of carbonyl (C=O) groups excluding carboxylic acids is 2. The quantitative estimate of drug-likeness (QED) is 0.450. The summed E-state index contributed by atoms with van der Waals surface area (Å²) in [6.07, 6.45) is 1.58. The van der Waals surface area contributed by atoms with Crippen molar-refractivity contribution in [3.63, 3.8) is 0 Å². The summed E-state index contributed by atoms with van der Waals surface area (Å²) in [4.78, 5) is 28.2. The second kappa shape index (κ2) is 8.37. The van der Waals surface area contributed by atoms with Gasteiger partial charge in [-0.15, -0.1) is 0 Å². The zero-order chi connectivity index (χ0) is 20.3. The van der Waals surface area contributed by atoms with Gasteiger partial charge in [-0.1, -0.05) is 11.6 Å². The van der Waals surface area contributed by atoms with Crippen molar-refractivity contribution < 1.29 is 23.8 Å². The number of benzene rings is 2. The van der Waals surface area contributed by atoms with Crippen LogP contribution in [0.5, 0.6) is 17.2 Å². The van der Waals surface area contributed by atoms with Crippen LogP contribution < -0.4 is 19.9 Å². The van der Waals surface area contributed by atoms with Crippen LogP contribution >= 0.6 is 23.4 Å². The highest BCUT2D eigenvalue weighted by molar-refractivity contribution is 8.18. The Kier molecular flexibility index (Phi) is 5.91. The average Bonchev–Trinajstić information content (AvgIpc) is 3.00. The van der Waals surface area contributed by atoms with Gasteiger partial charge < -0.3 is 19.9 Å². The molecule has 0 saturated heterocycles. The molecule has 1 amide bonds. The predicted molar refractivity (Wildman–Crippen MR) is 108 cm³/mol. The van der Waals surface area contributed by atoms with Crippen molar-refractivity contribution in [1.29, 1.82) is 0 Å². The van der Waals surface area contributed by atoms with E-state index in [9.17, 15) is 9.59 Å². The molecule has 2 N–H and O–H groups in total. The number of rotatable bonds is 5. The molecule has 0 aromatic heterocycles. The van der Waals surface area contributed by atoms with Crippen LogP contribution in [-0.4, -0.2) is 31.3 Å². The minimum atomic E-state index is -0.600. The van der Waals surface area contributed by atoms with Crippen molar-refractivity contribution in [3.8, 4) is 17.2 Å². The van der Waals surface area contributed by atoms with E-state index >= 15 is 0 Å². The topological polar surface area (TPSA) is 100 Å². The van der Waals surface area contributed by atoms with Crippen LogP contribution in [-0.2, 0) is 4.79 Å². The average molecular weight is 419 g/mol. The first-order valence-corrected chi connectivity index (χ1v) is 9.12. The van der Waals surface area contributed by atoms with Gasteiger partial charge in [0, 0.05) is 0 Å². The molecule has 0 fully saturated rings. The van der Waals surface area contributed by atoms with Gasteiger partial charge in [-0.2, -0.15) is 4.99 Å². The van der Waals surface area contributed by atoms with Crippen molar-refractivity contribution in [2.24, 2.45) is 10.7 Å². The second-order valence-electron chi connectivity index (χ2n) is 5.52. The van der Waals surface area contributed by atoms with E-state index in [1.54, 1.807) is 42.5 Å². The third-order valence-electron chi connectivity index (χ3n) is 3.71. The first-order valence-electron chi connectivity index (χ1n) is 7.93. The van der Waals surface area contributed by atoms with Crippen molar-refractivity contribution in [3.05, 3.63) is 57.5 Å². The Morgan fingerprint density at radius 3 is 2.46 bits per heavy atom. The number of esters is 1. The lowest BCUT2D eigenvalue weighted by Crippen LogP contribution is -2.09. The summed E-state index contributed by atoms with van der Waals surface area (Å²) in [6.45, 7) is 0. The Bertz CT molecular complexity index is 1000. The van der Waals surface area contributed by atoms with Crippen LogP contribution in [0.15, 0.2) is 46.3 Å². The number of hydrogen-bond acceptors (Lipinski definition) is 7. The molecule has 28 heavy (non-hydrogen) atoms. The van der Waals surface area contributed by atoms with Crippen LogP contribution in [0, 0.1) is 0 Å². The first kappa shape index (κ1) is 19.8. The summed E-state index contributed by atoms with van der Waals surface area (Å²) in [7, 11) is 2.96. The van der Waals surface area contributed by atoms with E-state index in [1.807, 2.05) is 0 Å². The fourth-order valence-corrected chi connectivity index (χ4v) is 3.32. The number of amidine groups is 1. The molecule has 7 nitrogen and oxygen atoms in total. The normalized spacial score (nSPS) is 14.8. The van der Waals surface area contributed by atoms with Crippen molar-refractivity contribution in [2.45, 2.75) is 0 Å². The minimum Gasteiger partial charge on any atom is -0.497 e. The monoisotopic (exact) mass is 418 g/mol. The number of halogens is 1. The standard InChI is InChI=1S/C19H15ClN2O5S/c1-25-12-5-3-11(4-6-12)18(24)27-16-13(20)7-10(8-14(16)26-2)9-15-17(23)22-19(21)28-15/h3-9H,1-2H3,(H2,21,22,23). The van der Waals surface area contributed by atoms with Gasteiger partial charge in [0.05, 0.1) is 29.7 Å². The van der Waals surface area contributed by atoms with Gasteiger partial charge in [0.25, 0.3) is 5.91 Å². The molecular formula is C19H15ClN2O5S. The molecule has 0 radical (unpaired) electrons. The molecule has 9 heteroatoms. The largest absolute Gasteiger partial charge is 0.497 e. The molecule has 0 unspecified atom stereocenters. The van der Waals surface area contributed by atoms with Gasteiger partial charge in [0.15, 0.2) is 16.7 Å². The Labute approximate surface area is 170 Å². The number of methoxy groups -OCH3 is 2. The van der Waals surface area contributed by atoms with E-state index in [0.29, 0.717) is 21.8 Å². The fourth-order valence-electron chi connectivity index (χ4n) is 2.38. The SMILES string of the molecule is COc1ccc(C(=O)Oc2c(Cl)cc(C=C3SC(N)=NC3=O)cc2OC)cc1. The highest BCUT2D eigenvalue weighted by atomic mass is 35.5. The zero-order valence-corrected chi connectivity index (χ0v) is 16.5. The molecule has 2 aromatic carbocycles. The lowest BCUT2D eigenvalue weighted by molar-refractivity contribution is -0.113. The van der Waals surface area contributed by atoms with E-state index in [-0.39, 0.29) is 21.7 Å². The lowest BCUT2D eigenvalue weighted by atomic mass is 10.1. The van der Waals surface area contributed by atoms with E-state index in [2.05, 4.69) is 4.99 Å². The molecule has 0 atom stereocenters. The number of carbonyl (C=O) groups is 2. The zero-order valence-electron chi connectivity index (χ0n) is 14.9. The van der Waals surface area contributed by atoms with Crippen LogP contribution in [0.1, 0.15) is 15.9 Å². The number of nitrogens with two attached hydrogens (primary N) is 1. The third-order valence-corrected chi connectivity index (χ3v) is 4.80. The van der Waals surface area contributed by atoms with Crippen molar-refractivity contribution in [1.82, 2.24) is 0 Å². The number of nitrogens with zero attached hydrogens (tertiary/aromatic N) is 1. The lowest BCUT2D eigenvalue weighted by Gasteiger charge is -2.12. The molecule has 3 rings (SSSR count). The highest BCUT2D eigenvalue weighted by Gasteiger charge is 2.21. The maximum absolute atomic E-state index is 12.4. The Morgan fingerprint density at radius 1 is 1.18 bits per heavy atom. The Balaban J connectivity index is 1.86. The molecule has 1 heterocycles. The third kappa shape index (κ3) is 4.29. The maximum atomic E-state index is 12.4. The minimum absolute atomic E-state index is 0.0771. The number of aliphatic imine (C=N–C) groups is 1. The number of amides is 1. The van der Waals surface area contributed by atoms with E-state index in [0.717, 1.165) is 11.8 Å². The van der Waals surface area contributed by atoms with Gasteiger partial charge >= 0.3 is 5.97 Å².